The van der Waals surface area contributed by atoms with Crippen molar-refractivity contribution in [1.29, 1.82) is 0 Å². The lowest BCUT2D eigenvalue weighted by Crippen LogP contribution is -2.45. The van der Waals surface area contributed by atoms with E-state index >= 15 is 0 Å². The zero-order chi connectivity index (χ0) is 15.2. The normalized spacial score (nSPS) is 17.0. The number of nitrogens with zero attached hydrogens (tertiary/aromatic N) is 1. The maximum absolute atomic E-state index is 13.0. The summed E-state index contributed by atoms with van der Waals surface area (Å²) in [5.74, 6) is 1.28. The van der Waals surface area contributed by atoms with Crippen LogP contribution in [-0.2, 0) is 0 Å². The monoisotopic (exact) mass is 336 g/mol. The molecule has 0 spiro atoms. The standard InChI is InChI=1S/C15H22F2N2O2.ClH/c1-20-11-3-4-14(21-2)12(9-11)13(10-15(16)17)19-7-5-18-6-8-19;/h3-4,9,13,15,18H,5-8,10H2,1-2H3;1H/t13-;/m0./s1. The third-order valence-corrected chi connectivity index (χ3v) is 3.79. The highest BCUT2D eigenvalue weighted by Gasteiger charge is 2.28. The Morgan fingerprint density at radius 3 is 2.41 bits per heavy atom. The molecule has 4 nitrogen and oxygen atoms in total. The van der Waals surface area contributed by atoms with Crippen LogP contribution in [0.5, 0.6) is 11.5 Å². The number of rotatable bonds is 6. The van der Waals surface area contributed by atoms with Gasteiger partial charge in [-0.25, -0.2) is 8.78 Å². The van der Waals surface area contributed by atoms with Gasteiger partial charge in [0, 0.05) is 44.2 Å². The summed E-state index contributed by atoms with van der Waals surface area (Å²) in [4.78, 5) is 2.08. The maximum Gasteiger partial charge on any atom is 0.240 e. The molecule has 1 aromatic carbocycles. The maximum atomic E-state index is 13.0. The lowest BCUT2D eigenvalue weighted by Gasteiger charge is -2.35. The number of hydrogen-bond acceptors (Lipinski definition) is 4. The van der Waals surface area contributed by atoms with Crippen LogP contribution < -0.4 is 14.8 Å². The minimum Gasteiger partial charge on any atom is -0.497 e. The third kappa shape index (κ3) is 4.69. The predicted octanol–water partition coefficient (Wildman–Crippen LogP) is 2.73. The van der Waals surface area contributed by atoms with E-state index < -0.39 is 6.43 Å². The fourth-order valence-corrected chi connectivity index (χ4v) is 2.74. The van der Waals surface area contributed by atoms with E-state index in [1.807, 2.05) is 0 Å². The molecule has 22 heavy (non-hydrogen) atoms. The Balaban J connectivity index is 0.00000242. The zero-order valence-electron chi connectivity index (χ0n) is 12.9. The fraction of sp³-hybridized carbons (Fsp3) is 0.600. The molecule has 0 radical (unpaired) electrons. The van der Waals surface area contributed by atoms with Gasteiger partial charge in [0.2, 0.25) is 6.43 Å². The van der Waals surface area contributed by atoms with Gasteiger partial charge in [-0.1, -0.05) is 0 Å². The quantitative estimate of drug-likeness (QED) is 0.866. The average molecular weight is 337 g/mol. The van der Waals surface area contributed by atoms with Crippen molar-refractivity contribution in [2.75, 3.05) is 40.4 Å². The van der Waals surface area contributed by atoms with Crippen LogP contribution >= 0.6 is 12.4 Å². The second-order valence-corrected chi connectivity index (χ2v) is 5.04. The number of benzene rings is 1. The molecule has 1 atom stereocenters. The van der Waals surface area contributed by atoms with Gasteiger partial charge in [-0.15, -0.1) is 12.4 Å². The minimum atomic E-state index is -2.36. The Morgan fingerprint density at radius 1 is 1.18 bits per heavy atom. The smallest absolute Gasteiger partial charge is 0.240 e. The first kappa shape index (κ1) is 18.9. The fourth-order valence-electron chi connectivity index (χ4n) is 2.74. The van der Waals surface area contributed by atoms with Gasteiger partial charge in [-0.2, -0.15) is 0 Å². The third-order valence-electron chi connectivity index (χ3n) is 3.79. The van der Waals surface area contributed by atoms with Crippen molar-refractivity contribution in [2.45, 2.75) is 18.9 Å². The van der Waals surface area contributed by atoms with Gasteiger partial charge in [0.25, 0.3) is 0 Å². The van der Waals surface area contributed by atoms with Crippen LogP contribution in [0.15, 0.2) is 18.2 Å². The van der Waals surface area contributed by atoms with Crippen LogP contribution in [0, 0.1) is 0 Å². The Bertz CT molecular complexity index is 457. The first-order valence-corrected chi connectivity index (χ1v) is 7.10. The summed E-state index contributed by atoms with van der Waals surface area (Å²) >= 11 is 0. The average Bonchev–Trinajstić information content (AvgIpc) is 2.52. The van der Waals surface area contributed by atoms with E-state index in [9.17, 15) is 8.78 Å². The number of methoxy groups -OCH3 is 2. The summed E-state index contributed by atoms with van der Waals surface area (Å²) < 4.78 is 36.6. The Morgan fingerprint density at radius 2 is 1.86 bits per heavy atom. The van der Waals surface area contributed by atoms with Crippen LogP contribution in [-0.4, -0.2) is 51.7 Å². The summed E-state index contributed by atoms with van der Waals surface area (Å²) in [5, 5.41) is 3.24. The first-order valence-electron chi connectivity index (χ1n) is 7.10. The number of hydrogen-bond donors (Lipinski definition) is 1. The molecular formula is C15H23ClF2N2O2. The minimum absolute atomic E-state index is 0. The van der Waals surface area contributed by atoms with Gasteiger partial charge in [-0.3, -0.25) is 4.90 Å². The second kappa shape index (κ2) is 9.12. The lowest BCUT2D eigenvalue weighted by molar-refractivity contribution is 0.0728. The first-order chi connectivity index (χ1) is 10.2. The molecule has 1 aliphatic rings. The topological polar surface area (TPSA) is 33.7 Å². The number of alkyl halides is 2. The summed E-state index contributed by atoms with van der Waals surface area (Å²) in [5.41, 5.74) is 0.763. The van der Waals surface area contributed by atoms with Crippen molar-refractivity contribution < 1.29 is 18.3 Å². The largest absolute Gasteiger partial charge is 0.497 e. The van der Waals surface area contributed by atoms with Crippen molar-refractivity contribution in [3.63, 3.8) is 0 Å². The zero-order valence-corrected chi connectivity index (χ0v) is 13.7. The molecule has 0 saturated carbocycles. The van der Waals surface area contributed by atoms with Crippen LogP contribution in [0.25, 0.3) is 0 Å². The molecule has 1 fully saturated rings. The molecule has 0 unspecified atom stereocenters. The van der Waals surface area contributed by atoms with Gasteiger partial charge in [0.15, 0.2) is 0 Å². The van der Waals surface area contributed by atoms with E-state index in [2.05, 4.69) is 10.2 Å². The van der Waals surface area contributed by atoms with Gasteiger partial charge in [0.1, 0.15) is 11.5 Å². The van der Waals surface area contributed by atoms with Crippen LogP contribution in [0.3, 0.4) is 0 Å². The van der Waals surface area contributed by atoms with Crippen molar-refractivity contribution >= 4 is 12.4 Å². The predicted molar refractivity (Wildman–Crippen MR) is 84.6 cm³/mol. The molecule has 1 aliphatic heterocycles. The van der Waals surface area contributed by atoms with E-state index in [1.165, 1.54) is 0 Å². The van der Waals surface area contributed by atoms with E-state index in [1.54, 1.807) is 32.4 Å². The van der Waals surface area contributed by atoms with E-state index in [0.717, 1.165) is 31.7 Å². The molecular weight excluding hydrogens is 314 g/mol. The second-order valence-electron chi connectivity index (χ2n) is 5.04. The number of piperazine rings is 1. The summed E-state index contributed by atoms with van der Waals surface area (Å²) in [6.45, 7) is 3.12. The van der Waals surface area contributed by atoms with Crippen molar-refractivity contribution in [3.8, 4) is 11.5 Å². The van der Waals surface area contributed by atoms with Crippen LogP contribution in [0.4, 0.5) is 8.78 Å². The molecule has 0 amide bonds. The molecule has 0 bridgehead atoms. The molecule has 1 N–H and O–H groups in total. The van der Waals surface area contributed by atoms with E-state index in [4.69, 9.17) is 9.47 Å². The molecule has 1 aromatic rings. The van der Waals surface area contributed by atoms with Crippen molar-refractivity contribution in [1.82, 2.24) is 10.2 Å². The summed E-state index contributed by atoms with van der Waals surface area (Å²) in [6.07, 6.45) is -2.57. The Labute approximate surface area is 136 Å². The van der Waals surface area contributed by atoms with Crippen LogP contribution in [0.1, 0.15) is 18.0 Å². The molecule has 7 heteroatoms. The van der Waals surface area contributed by atoms with Crippen molar-refractivity contribution in [2.24, 2.45) is 0 Å². The Hall–Kier alpha value is -1.11. The summed E-state index contributed by atoms with van der Waals surface area (Å²) in [6, 6.07) is 4.99. The molecule has 1 heterocycles. The molecule has 0 aromatic heterocycles. The van der Waals surface area contributed by atoms with Gasteiger partial charge < -0.3 is 14.8 Å². The molecule has 1 saturated heterocycles. The molecule has 126 valence electrons. The van der Waals surface area contributed by atoms with Crippen LogP contribution in [0.2, 0.25) is 0 Å². The SMILES string of the molecule is COc1ccc(OC)c([C@H](CC(F)F)N2CCNCC2)c1.Cl. The lowest BCUT2D eigenvalue weighted by atomic mass is 9.99. The Kier molecular flexibility index (Phi) is 7.85. The van der Waals surface area contributed by atoms with Crippen molar-refractivity contribution in [3.05, 3.63) is 23.8 Å². The summed E-state index contributed by atoms with van der Waals surface area (Å²) in [7, 11) is 3.13. The van der Waals surface area contributed by atoms with E-state index in [0.29, 0.717) is 11.5 Å². The number of nitrogens with one attached hydrogen (secondary N) is 1. The van der Waals surface area contributed by atoms with E-state index in [-0.39, 0.29) is 24.9 Å². The molecule has 2 rings (SSSR count). The molecule has 0 aliphatic carbocycles. The number of halogens is 3. The highest BCUT2D eigenvalue weighted by molar-refractivity contribution is 5.85. The number of ether oxygens (including phenoxy) is 2. The highest BCUT2D eigenvalue weighted by atomic mass is 35.5. The van der Waals surface area contributed by atoms with Gasteiger partial charge >= 0.3 is 0 Å². The highest BCUT2D eigenvalue weighted by Crippen LogP contribution is 2.36. The van der Waals surface area contributed by atoms with Gasteiger partial charge in [0.05, 0.1) is 14.2 Å². The van der Waals surface area contributed by atoms with Gasteiger partial charge in [-0.05, 0) is 18.2 Å².